The van der Waals surface area contributed by atoms with Crippen molar-refractivity contribution in [2.75, 3.05) is 6.61 Å². The first-order chi connectivity index (χ1) is 9.22. The van der Waals surface area contributed by atoms with Gasteiger partial charge in [-0.05, 0) is 30.5 Å². The Morgan fingerprint density at radius 3 is 2.79 bits per heavy atom. The number of pyridine rings is 1. The Hall–Kier alpha value is -1.87. The van der Waals surface area contributed by atoms with Gasteiger partial charge in [0, 0.05) is 11.8 Å². The second kappa shape index (κ2) is 6.34. The van der Waals surface area contributed by atoms with Crippen LogP contribution in [0.1, 0.15) is 36.1 Å². The molecule has 2 aromatic rings. The van der Waals surface area contributed by atoms with Gasteiger partial charge in [0.2, 0.25) is 0 Å². The molecule has 1 aromatic carbocycles. The first kappa shape index (κ1) is 13.6. The third-order valence-electron chi connectivity index (χ3n) is 3.01. The van der Waals surface area contributed by atoms with Gasteiger partial charge in [0.05, 0.1) is 12.8 Å². The first-order valence-corrected chi connectivity index (χ1v) is 6.53. The van der Waals surface area contributed by atoms with E-state index in [4.69, 9.17) is 4.74 Å². The lowest BCUT2D eigenvalue weighted by Crippen LogP contribution is -2.03. The van der Waals surface area contributed by atoms with E-state index >= 15 is 0 Å². The number of aryl methyl sites for hydroxylation is 1. The topological polar surface area (TPSA) is 42.4 Å². The average Bonchev–Trinajstić information content (AvgIpc) is 2.45. The molecule has 0 fully saturated rings. The van der Waals surface area contributed by atoms with E-state index in [9.17, 15) is 5.11 Å². The van der Waals surface area contributed by atoms with Crippen molar-refractivity contribution in [2.45, 2.75) is 26.4 Å². The number of ether oxygens (including phenoxy) is 1. The summed E-state index contributed by atoms with van der Waals surface area (Å²) in [5.74, 6) is 0.701. The van der Waals surface area contributed by atoms with Crippen LogP contribution in [0, 0.1) is 6.92 Å². The molecular weight excluding hydrogens is 238 g/mol. The lowest BCUT2D eigenvalue weighted by Gasteiger charge is -2.14. The summed E-state index contributed by atoms with van der Waals surface area (Å²) in [6.07, 6.45) is 3.63. The highest BCUT2D eigenvalue weighted by atomic mass is 16.5. The maximum absolute atomic E-state index is 10.4. The maximum Gasteiger partial charge on any atom is 0.137 e. The van der Waals surface area contributed by atoms with Gasteiger partial charge < -0.3 is 9.84 Å². The number of rotatable bonds is 5. The van der Waals surface area contributed by atoms with E-state index in [1.165, 1.54) is 0 Å². The monoisotopic (exact) mass is 257 g/mol. The van der Waals surface area contributed by atoms with Gasteiger partial charge >= 0.3 is 0 Å². The first-order valence-electron chi connectivity index (χ1n) is 6.53. The average molecular weight is 257 g/mol. The number of hydrogen-bond acceptors (Lipinski definition) is 3. The lowest BCUT2D eigenvalue weighted by atomic mass is 9.99. The molecule has 0 spiro atoms. The van der Waals surface area contributed by atoms with E-state index in [0.717, 1.165) is 23.1 Å². The van der Waals surface area contributed by atoms with Crippen LogP contribution >= 0.6 is 0 Å². The fourth-order valence-electron chi connectivity index (χ4n) is 1.96. The molecule has 19 heavy (non-hydrogen) atoms. The van der Waals surface area contributed by atoms with Crippen molar-refractivity contribution in [1.82, 2.24) is 4.98 Å². The van der Waals surface area contributed by atoms with Crippen LogP contribution in [-0.4, -0.2) is 16.7 Å². The van der Waals surface area contributed by atoms with Gasteiger partial charge in [-0.25, -0.2) is 0 Å². The van der Waals surface area contributed by atoms with Gasteiger partial charge in [0.1, 0.15) is 11.9 Å². The van der Waals surface area contributed by atoms with Crippen LogP contribution in [0.5, 0.6) is 5.75 Å². The van der Waals surface area contributed by atoms with E-state index < -0.39 is 6.10 Å². The number of aliphatic hydroxyl groups is 1. The second-order valence-electron chi connectivity index (χ2n) is 4.56. The number of aliphatic hydroxyl groups excluding tert-OH is 1. The Balaban J connectivity index is 2.24. The van der Waals surface area contributed by atoms with Crippen molar-refractivity contribution in [1.29, 1.82) is 0 Å². The van der Waals surface area contributed by atoms with Crippen LogP contribution in [0.25, 0.3) is 0 Å². The molecule has 100 valence electrons. The van der Waals surface area contributed by atoms with E-state index in [-0.39, 0.29) is 0 Å². The summed E-state index contributed by atoms with van der Waals surface area (Å²) in [4.78, 5) is 4.13. The van der Waals surface area contributed by atoms with E-state index in [1.807, 2.05) is 37.3 Å². The Morgan fingerprint density at radius 1 is 1.26 bits per heavy atom. The Morgan fingerprint density at radius 2 is 2.05 bits per heavy atom. The third kappa shape index (κ3) is 3.32. The summed E-state index contributed by atoms with van der Waals surface area (Å²) in [6, 6.07) is 9.66. The SMILES string of the molecule is CCCOc1cncc(C(O)c2ccccc2C)c1. The van der Waals surface area contributed by atoms with Crippen LogP contribution in [-0.2, 0) is 0 Å². The molecule has 0 amide bonds. The smallest absolute Gasteiger partial charge is 0.137 e. The van der Waals surface area contributed by atoms with Crippen LogP contribution < -0.4 is 4.74 Å². The zero-order chi connectivity index (χ0) is 13.7. The third-order valence-corrected chi connectivity index (χ3v) is 3.01. The Bertz CT molecular complexity index is 540. The number of hydrogen-bond donors (Lipinski definition) is 1. The predicted octanol–water partition coefficient (Wildman–Crippen LogP) is 3.26. The fraction of sp³-hybridized carbons (Fsp3) is 0.312. The van der Waals surface area contributed by atoms with Gasteiger partial charge in [0.15, 0.2) is 0 Å². The minimum Gasteiger partial charge on any atom is -0.492 e. The maximum atomic E-state index is 10.4. The summed E-state index contributed by atoms with van der Waals surface area (Å²) in [6.45, 7) is 4.70. The van der Waals surface area contributed by atoms with E-state index in [1.54, 1.807) is 12.4 Å². The van der Waals surface area contributed by atoms with E-state index in [2.05, 4.69) is 11.9 Å². The number of aromatic nitrogens is 1. The minimum absolute atomic E-state index is 0.658. The molecule has 0 saturated carbocycles. The van der Waals surface area contributed by atoms with Gasteiger partial charge in [-0.3, -0.25) is 4.98 Å². The second-order valence-corrected chi connectivity index (χ2v) is 4.56. The number of benzene rings is 1. The van der Waals surface area contributed by atoms with Crippen molar-refractivity contribution in [3.05, 3.63) is 59.4 Å². The predicted molar refractivity (Wildman–Crippen MR) is 75.3 cm³/mol. The van der Waals surface area contributed by atoms with Crippen molar-refractivity contribution in [3.63, 3.8) is 0 Å². The Labute approximate surface area is 113 Å². The molecule has 1 atom stereocenters. The molecule has 2 rings (SSSR count). The zero-order valence-electron chi connectivity index (χ0n) is 11.3. The van der Waals surface area contributed by atoms with Crippen LogP contribution in [0.4, 0.5) is 0 Å². The zero-order valence-corrected chi connectivity index (χ0v) is 11.3. The molecule has 0 aliphatic carbocycles. The molecule has 0 saturated heterocycles. The lowest BCUT2D eigenvalue weighted by molar-refractivity contribution is 0.218. The molecule has 1 N–H and O–H groups in total. The molecular formula is C16H19NO2. The number of nitrogens with zero attached hydrogens (tertiary/aromatic N) is 1. The molecule has 3 heteroatoms. The van der Waals surface area contributed by atoms with Crippen molar-refractivity contribution in [3.8, 4) is 5.75 Å². The largest absolute Gasteiger partial charge is 0.492 e. The van der Waals surface area contributed by atoms with Crippen molar-refractivity contribution >= 4 is 0 Å². The quantitative estimate of drug-likeness (QED) is 0.894. The summed E-state index contributed by atoms with van der Waals surface area (Å²) in [7, 11) is 0. The fourth-order valence-corrected chi connectivity index (χ4v) is 1.96. The van der Waals surface area contributed by atoms with Gasteiger partial charge in [-0.2, -0.15) is 0 Å². The molecule has 3 nitrogen and oxygen atoms in total. The molecule has 0 aliphatic rings. The molecule has 0 bridgehead atoms. The summed E-state index contributed by atoms with van der Waals surface area (Å²) in [5, 5.41) is 10.4. The normalized spacial score (nSPS) is 12.2. The molecule has 1 aromatic heterocycles. The molecule has 0 radical (unpaired) electrons. The molecule has 0 aliphatic heterocycles. The summed E-state index contributed by atoms with van der Waals surface area (Å²) < 4.78 is 5.54. The summed E-state index contributed by atoms with van der Waals surface area (Å²) >= 11 is 0. The minimum atomic E-state index is -0.668. The van der Waals surface area contributed by atoms with Crippen molar-refractivity contribution in [2.24, 2.45) is 0 Å². The van der Waals surface area contributed by atoms with Crippen LogP contribution in [0.2, 0.25) is 0 Å². The highest BCUT2D eigenvalue weighted by Gasteiger charge is 2.13. The van der Waals surface area contributed by atoms with E-state index in [0.29, 0.717) is 12.4 Å². The molecule has 1 heterocycles. The molecule has 1 unspecified atom stereocenters. The van der Waals surface area contributed by atoms with Gasteiger partial charge in [-0.1, -0.05) is 31.2 Å². The highest BCUT2D eigenvalue weighted by molar-refractivity contribution is 5.36. The van der Waals surface area contributed by atoms with Gasteiger partial charge in [-0.15, -0.1) is 0 Å². The summed E-state index contributed by atoms with van der Waals surface area (Å²) in [5.41, 5.74) is 2.72. The van der Waals surface area contributed by atoms with Gasteiger partial charge in [0.25, 0.3) is 0 Å². The Kier molecular flexibility index (Phi) is 4.53. The standard InChI is InChI=1S/C16H19NO2/c1-3-8-19-14-9-13(10-17-11-14)16(18)15-7-5-4-6-12(15)2/h4-7,9-11,16,18H,3,8H2,1-2H3. The van der Waals surface area contributed by atoms with Crippen molar-refractivity contribution < 1.29 is 9.84 Å². The highest BCUT2D eigenvalue weighted by Crippen LogP contribution is 2.26. The van der Waals surface area contributed by atoms with Crippen LogP contribution in [0.15, 0.2) is 42.7 Å². The van der Waals surface area contributed by atoms with Crippen LogP contribution in [0.3, 0.4) is 0 Å².